The second-order valence-electron chi connectivity index (χ2n) is 6.69. The van der Waals surface area contributed by atoms with Crippen LogP contribution in [0.4, 0.5) is 4.39 Å². The molecule has 0 aromatic heterocycles. The highest BCUT2D eigenvalue weighted by molar-refractivity contribution is 5.94. The van der Waals surface area contributed by atoms with E-state index in [-0.39, 0.29) is 17.4 Å². The largest absolute Gasteiger partial charge is 0.381 e. The quantitative estimate of drug-likeness (QED) is 0.865. The van der Waals surface area contributed by atoms with Gasteiger partial charge in [-0.05, 0) is 31.4 Å². The Hall–Kier alpha value is -1.99. The van der Waals surface area contributed by atoms with Crippen molar-refractivity contribution in [3.8, 4) is 0 Å². The molecule has 2 aliphatic heterocycles. The zero-order valence-electron chi connectivity index (χ0n) is 14.2. The van der Waals surface area contributed by atoms with E-state index >= 15 is 0 Å². The third kappa shape index (κ3) is 3.82. The summed E-state index contributed by atoms with van der Waals surface area (Å²) in [7, 11) is 0. The lowest BCUT2D eigenvalue weighted by Gasteiger charge is -2.36. The van der Waals surface area contributed by atoms with Crippen molar-refractivity contribution >= 4 is 11.8 Å². The van der Waals surface area contributed by atoms with Crippen molar-refractivity contribution in [1.82, 2.24) is 9.80 Å². The normalized spacial score (nSPS) is 20.9. The molecule has 2 aliphatic rings. The predicted octanol–water partition coefficient (Wildman–Crippen LogP) is 1.01. The summed E-state index contributed by atoms with van der Waals surface area (Å²) in [6.07, 6.45) is 1.68. The number of hydrogen-bond donors (Lipinski definition) is 1. The molecule has 2 amide bonds. The Morgan fingerprint density at radius 3 is 2.40 bits per heavy atom. The fourth-order valence-electron chi connectivity index (χ4n) is 3.39. The maximum Gasteiger partial charge on any atom is 0.256 e. The summed E-state index contributed by atoms with van der Waals surface area (Å²) < 4.78 is 19.2. The first-order valence-electron chi connectivity index (χ1n) is 8.71. The number of amides is 2. The van der Waals surface area contributed by atoms with Gasteiger partial charge in [0.15, 0.2) is 0 Å². The molecule has 1 aromatic carbocycles. The van der Waals surface area contributed by atoms with Crippen LogP contribution in [-0.4, -0.2) is 66.5 Å². The molecule has 136 valence electrons. The second-order valence-corrected chi connectivity index (χ2v) is 6.69. The predicted molar refractivity (Wildman–Crippen MR) is 90.5 cm³/mol. The third-order valence-electron chi connectivity index (χ3n) is 4.99. The number of nitrogens with two attached hydrogens (primary N) is 1. The Bertz CT molecular complexity index is 646. The maximum absolute atomic E-state index is 13.9. The van der Waals surface area contributed by atoms with Gasteiger partial charge >= 0.3 is 0 Å². The number of carbonyl (C=O) groups is 2. The summed E-state index contributed by atoms with van der Waals surface area (Å²) >= 11 is 0. The second kappa shape index (κ2) is 7.49. The molecule has 6 nitrogen and oxygen atoms in total. The van der Waals surface area contributed by atoms with E-state index in [9.17, 15) is 14.0 Å². The summed E-state index contributed by atoms with van der Waals surface area (Å²) in [6.45, 7) is 2.84. The van der Waals surface area contributed by atoms with Gasteiger partial charge in [-0.1, -0.05) is 12.1 Å². The van der Waals surface area contributed by atoms with Crippen molar-refractivity contribution in [3.05, 3.63) is 35.6 Å². The zero-order chi connectivity index (χ0) is 17.9. The van der Waals surface area contributed by atoms with Crippen LogP contribution in [-0.2, 0) is 9.53 Å². The Morgan fingerprint density at radius 1 is 1.04 bits per heavy atom. The van der Waals surface area contributed by atoms with Gasteiger partial charge in [0.1, 0.15) is 5.82 Å². The van der Waals surface area contributed by atoms with Crippen LogP contribution < -0.4 is 5.73 Å². The minimum absolute atomic E-state index is 0.0713. The molecule has 3 rings (SSSR count). The van der Waals surface area contributed by atoms with Crippen molar-refractivity contribution in [1.29, 1.82) is 0 Å². The molecule has 0 bridgehead atoms. The Balaban J connectivity index is 1.65. The van der Waals surface area contributed by atoms with E-state index in [0.29, 0.717) is 58.7 Å². The van der Waals surface area contributed by atoms with Gasteiger partial charge < -0.3 is 20.3 Å². The van der Waals surface area contributed by atoms with E-state index in [1.807, 2.05) is 0 Å². The van der Waals surface area contributed by atoms with Crippen LogP contribution >= 0.6 is 0 Å². The van der Waals surface area contributed by atoms with E-state index in [4.69, 9.17) is 10.5 Å². The summed E-state index contributed by atoms with van der Waals surface area (Å²) in [6, 6.07) is 5.98. The van der Waals surface area contributed by atoms with Crippen LogP contribution in [0, 0.1) is 5.82 Å². The van der Waals surface area contributed by atoms with Crippen LogP contribution in [0.25, 0.3) is 0 Å². The van der Waals surface area contributed by atoms with Gasteiger partial charge in [0.2, 0.25) is 5.91 Å². The van der Waals surface area contributed by atoms with E-state index in [0.717, 1.165) is 0 Å². The van der Waals surface area contributed by atoms with E-state index in [1.54, 1.807) is 21.9 Å². The van der Waals surface area contributed by atoms with Crippen LogP contribution in [0.5, 0.6) is 0 Å². The molecule has 0 atom stereocenters. The van der Waals surface area contributed by atoms with Gasteiger partial charge in [0, 0.05) is 39.4 Å². The smallest absolute Gasteiger partial charge is 0.256 e. The molecule has 2 N–H and O–H groups in total. The van der Waals surface area contributed by atoms with E-state index in [1.165, 1.54) is 12.1 Å². The third-order valence-corrected chi connectivity index (χ3v) is 4.99. The van der Waals surface area contributed by atoms with Gasteiger partial charge in [-0.25, -0.2) is 4.39 Å². The summed E-state index contributed by atoms with van der Waals surface area (Å²) in [5.41, 5.74) is 5.49. The molecule has 0 saturated carbocycles. The number of halogens is 1. The number of carbonyl (C=O) groups excluding carboxylic acids is 2. The van der Waals surface area contributed by atoms with Gasteiger partial charge in [0.05, 0.1) is 11.1 Å². The highest BCUT2D eigenvalue weighted by Gasteiger charge is 2.39. The Morgan fingerprint density at radius 2 is 1.68 bits per heavy atom. The first-order chi connectivity index (χ1) is 12.0. The lowest BCUT2D eigenvalue weighted by Crippen LogP contribution is -2.58. The van der Waals surface area contributed by atoms with Crippen LogP contribution in [0.15, 0.2) is 24.3 Å². The lowest BCUT2D eigenvalue weighted by molar-refractivity contribution is -0.140. The van der Waals surface area contributed by atoms with Crippen molar-refractivity contribution in [2.75, 3.05) is 39.4 Å². The number of benzene rings is 1. The molecule has 2 fully saturated rings. The fourth-order valence-corrected chi connectivity index (χ4v) is 3.39. The van der Waals surface area contributed by atoms with Gasteiger partial charge in [0.25, 0.3) is 5.91 Å². The molecule has 0 radical (unpaired) electrons. The number of rotatable bonds is 2. The SMILES string of the molecule is NC1(C(=O)N2CCCN(C(=O)c3ccccc3F)CC2)CCOCC1. The average molecular weight is 349 g/mol. The maximum atomic E-state index is 13.9. The number of hydrogen-bond acceptors (Lipinski definition) is 4. The molecular weight excluding hydrogens is 325 g/mol. The fraction of sp³-hybridized carbons (Fsp3) is 0.556. The minimum Gasteiger partial charge on any atom is -0.381 e. The molecule has 2 saturated heterocycles. The molecule has 0 unspecified atom stereocenters. The first kappa shape index (κ1) is 17.8. The summed E-state index contributed by atoms with van der Waals surface area (Å²) in [4.78, 5) is 28.7. The topological polar surface area (TPSA) is 75.9 Å². The van der Waals surface area contributed by atoms with Gasteiger partial charge in [-0.3, -0.25) is 9.59 Å². The van der Waals surface area contributed by atoms with Crippen LogP contribution in [0.3, 0.4) is 0 Å². The molecular formula is C18H24FN3O3. The average Bonchev–Trinajstić information content (AvgIpc) is 2.87. The molecule has 25 heavy (non-hydrogen) atoms. The van der Waals surface area contributed by atoms with E-state index in [2.05, 4.69) is 0 Å². The first-order valence-corrected chi connectivity index (χ1v) is 8.71. The van der Waals surface area contributed by atoms with Gasteiger partial charge in [-0.2, -0.15) is 0 Å². The molecule has 7 heteroatoms. The number of ether oxygens (including phenoxy) is 1. The van der Waals surface area contributed by atoms with Crippen LogP contribution in [0.1, 0.15) is 29.6 Å². The molecule has 2 heterocycles. The van der Waals surface area contributed by atoms with Crippen molar-refractivity contribution in [2.24, 2.45) is 5.73 Å². The zero-order valence-corrected chi connectivity index (χ0v) is 14.2. The summed E-state index contributed by atoms with van der Waals surface area (Å²) in [5.74, 6) is -0.926. The standard InChI is InChI=1S/C18H24FN3O3/c19-15-5-2-1-4-14(15)16(23)21-8-3-9-22(11-10-21)17(24)18(20)6-12-25-13-7-18/h1-2,4-5H,3,6-13,20H2. The highest BCUT2D eigenvalue weighted by atomic mass is 19.1. The molecule has 1 aromatic rings. The van der Waals surface area contributed by atoms with Crippen molar-refractivity contribution in [2.45, 2.75) is 24.8 Å². The number of nitrogens with zero attached hydrogens (tertiary/aromatic N) is 2. The van der Waals surface area contributed by atoms with E-state index < -0.39 is 11.4 Å². The Kier molecular flexibility index (Phi) is 5.34. The van der Waals surface area contributed by atoms with Crippen molar-refractivity contribution in [3.63, 3.8) is 0 Å². The summed E-state index contributed by atoms with van der Waals surface area (Å²) in [5, 5.41) is 0. The molecule has 0 spiro atoms. The minimum atomic E-state index is -0.872. The Labute approximate surface area is 146 Å². The van der Waals surface area contributed by atoms with Crippen LogP contribution in [0.2, 0.25) is 0 Å². The molecule has 0 aliphatic carbocycles. The monoisotopic (exact) mass is 349 g/mol. The van der Waals surface area contributed by atoms with Crippen molar-refractivity contribution < 1.29 is 18.7 Å². The highest BCUT2D eigenvalue weighted by Crippen LogP contribution is 2.22. The van der Waals surface area contributed by atoms with Gasteiger partial charge in [-0.15, -0.1) is 0 Å². The lowest BCUT2D eigenvalue weighted by atomic mass is 9.89.